The number of pyridine rings is 1. The van der Waals surface area contributed by atoms with E-state index in [1.165, 1.54) is 13.0 Å². The number of aromatic nitrogens is 1. The summed E-state index contributed by atoms with van der Waals surface area (Å²) < 4.78 is 40.6. The number of anilines is 1. The first-order valence-corrected chi connectivity index (χ1v) is 7.82. The van der Waals surface area contributed by atoms with Crippen LogP contribution in [0.2, 0.25) is 0 Å². The van der Waals surface area contributed by atoms with Crippen molar-refractivity contribution in [3.05, 3.63) is 53.6 Å². The van der Waals surface area contributed by atoms with E-state index in [-0.39, 0.29) is 17.8 Å². The maximum Gasteiger partial charge on any atom is 0.243 e. The molecule has 0 fully saturated rings. The highest BCUT2D eigenvalue weighted by molar-refractivity contribution is 7.89. The molecule has 1 aromatic carbocycles. The number of aryl methyl sites for hydroxylation is 1. The van der Waals surface area contributed by atoms with Crippen molar-refractivity contribution < 1.29 is 12.8 Å². The van der Waals surface area contributed by atoms with Gasteiger partial charge in [0.05, 0.1) is 0 Å². The maximum atomic E-state index is 13.9. The Kier molecular flexibility index (Phi) is 4.54. The minimum Gasteiger partial charge on any atom is -0.399 e. The quantitative estimate of drug-likeness (QED) is 0.822. The molecule has 0 aliphatic heterocycles. The van der Waals surface area contributed by atoms with Crippen LogP contribution in [0.1, 0.15) is 11.1 Å². The number of sulfonamides is 1. The SMILES string of the molecule is Cc1cc(N)cc(S(=O)(=O)NCCc2cccnc2)c1F. The van der Waals surface area contributed by atoms with E-state index in [4.69, 9.17) is 5.73 Å². The van der Waals surface area contributed by atoms with E-state index >= 15 is 0 Å². The molecule has 3 N–H and O–H groups in total. The molecule has 0 aliphatic carbocycles. The number of rotatable bonds is 5. The Morgan fingerprint density at radius 1 is 1.38 bits per heavy atom. The van der Waals surface area contributed by atoms with Crippen molar-refractivity contribution in [3.8, 4) is 0 Å². The molecule has 0 spiro atoms. The van der Waals surface area contributed by atoms with Gasteiger partial charge in [-0.3, -0.25) is 4.98 Å². The molecule has 112 valence electrons. The Morgan fingerprint density at radius 2 is 2.14 bits per heavy atom. The number of hydrogen-bond acceptors (Lipinski definition) is 4. The van der Waals surface area contributed by atoms with Crippen LogP contribution in [-0.2, 0) is 16.4 Å². The fourth-order valence-electron chi connectivity index (χ4n) is 1.91. The third kappa shape index (κ3) is 3.77. The Hall–Kier alpha value is -1.99. The largest absolute Gasteiger partial charge is 0.399 e. The van der Waals surface area contributed by atoms with E-state index in [0.29, 0.717) is 6.42 Å². The number of nitrogens with zero attached hydrogens (tertiary/aromatic N) is 1. The molecule has 1 heterocycles. The maximum absolute atomic E-state index is 13.9. The van der Waals surface area contributed by atoms with Gasteiger partial charge >= 0.3 is 0 Å². The molecule has 1 aromatic heterocycles. The van der Waals surface area contributed by atoms with Crippen LogP contribution in [-0.4, -0.2) is 19.9 Å². The second kappa shape index (κ2) is 6.19. The molecule has 0 aliphatic rings. The molecule has 7 heteroatoms. The summed E-state index contributed by atoms with van der Waals surface area (Å²) in [6.45, 7) is 1.63. The zero-order valence-corrected chi connectivity index (χ0v) is 12.3. The molecule has 0 radical (unpaired) electrons. The van der Waals surface area contributed by atoms with Crippen molar-refractivity contribution in [1.82, 2.24) is 9.71 Å². The van der Waals surface area contributed by atoms with E-state index in [1.807, 2.05) is 6.07 Å². The average Bonchev–Trinajstić information content (AvgIpc) is 2.43. The van der Waals surface area contributed by atoms with Crippen molar-refractivity contribution in [2.24, 2.45) is 0 Å². The number of nitrogens with two attached hydrogens (primary N) is 1. The molecule has 0 atom stereocenters. The monoisotopic (exact) mass is 309 g/mol. The van der Waals surface area contributed by atoms with Gasteiger partial charge in [-0.25, -0.2) is 17.5 Å². The van der Waals surface area contributed by atoms with Crippen LogP contribution < -0.4 is 10.5 Å². The minimum absolute atomic E-state index is 0.154. The molecular formula is C14H16FN3O2S. The van der Waals surface area contributed by atoms with Gasteiger partial charge in [0.2, 0.25) is 10.0 Å². The molecule has 0 amide bonds. The summed E-state index contributed by atoms with van der Waals surface area (Å²) in [5, 5.41) is 0. The van der Waals surface area contributed by atoms with Gasteiger partial charge in [0, 0.05) is 24.6 Å². The Labute approximate surface area is 123 Å². The summed E-state index contributed by atoms with van der Waals surface area (Å²) in [6.07, 6.45) is 3.76. The normalized spacial score (nSPS) is 11.5. The first-order chi connectivity index (χ1) is 9.90. The fourth-order valence-corrected chi connectivity index (χ4v) is 3.13. The van der Waals surface area contributed by atoms with Crippen LogP contribution in [0, 0.1) is 12.7 Å². The van der Waals surface area contributed by atoms with Gasteiger partial charge in [0.25, 0.3) is 0 Å². The standard InChI is InChI=1S/C14H16FN3O2S/c1-10-7-12(16)8-13(14(10)15)21(19,20)18-6-4-11-3-2-5-17-9-11/h2-3,5,7-9,18H,4,6,16H2,1H3. The molecule has 0 unspecified atom stereocenters. The number of nitrogens with one attached hydrogen (secondary N) is 1. The predicted octanol–water partition coefficient (Wildman–Crippen LogP) is 1.63. The molecule has 5 nitrogen and oxygen atoms in total. The van der Waals surface area contributed by atoms with Crippen LogP contribution in [0.4, 0.5) is 10.1 Å². The van der Waals surface area contributed by atoms with Gasteiger partial charge in [-0.05, 0) is 42.7 Å². The Bertz CT molecular complexity index is 733. The lowest BCUT2D eigenvalue weighted by molar-refractivity contribution is 0.553. The van der Waals surface area contributed by atoms with E-state index in [9.17, 15) is 12.8 Å². The van der Waals surface area contributed by atoms with Crippen molar-refractivity contribution in [1.29, 1.82) is 0 Å². The van der Waals surface area contributed by atoms with Crippen molar-refractivity contribution in [2.75, 3.05) is 12.3 Å². The third-order valence-corrected chi connectivity index (χ3v) is 4.42. The number of nitrogen functional groups attached to an aromatic ring is 1. The van der Waals surface area contributed by atoms with E-state index in [0.717, 1.165) is 11.6 Å². The van der Waals surface area contributed by atoms with Gasteiger partial charge in [-0.2, -0.15) is 0 Å². The summed E-state index contributed by atoms with van der Waals surface area (Å²) in [7, 11) is -3.93. The second-order valence-corrected chi connectivity index (χ2v) is 6.39. The number of benzene rings is 1. The zero-order chi connectivity index (χ0) is 15.5. The van der Waals surface area contributed by atoms with Crippen LogP contribution in [0.5, 0.6) is 0 Å². The number of halogens is 1. The van der Waals surface area contributed by atoms with Crippen LogP contribution >= 0.6 is 0 Å². The summed E-state index contributed by atoms with van der Waals surface area (Å²) in [4.78, 5) is 3.52. The predicted molar refractivity (Wildman–Crippen MR) is 78.7 cm³/mol. The Morgan fingerprint density at radius 3 is 2.81 bits per heavy atom. The van der Waals surface area contributed by atoms with Crippen molar-refractivity contribution in [2.45, 2.75) is 18.2 Å². The first kappa shape index (κ1) is 15.4. The van der Waals surface area contributed by atoms with Crippen LogP contribution in [0.3, 0.4) is 0 Å². The molecule has 2 aromatic rings. The van der Waals surface area contributed by atoms with Gasteiger partial charge in [0.1, 0.15) is 10.7 Å². The smallest absolute Gasteiger partial charge is 0.243 e. The summed E-state index contributed by atoms with van der Waals surface area (Å²) >= 11 is 0. The number of hydrogen-bond donors (Lipinski definition) is 2. The highest BCUT2D eigenvalue weighted by Crippen LogP contribution is 2.21. The summed E-state index contributed by atoms with van der Waals surface area (Å²) in [6, 6.07) is 6.12. The van der Waals surface area contributed by atoms with Crippen LogP contribution in [0.25, 0.3) is 0 Å². The Balaban J connectivity index is 2.12. The van der Waals surface area contributed by atoms with Gasteiger partial charge in [-0.1, -0.05) is 6.07 Å². The fraction of sp³-hybridized carbons (Fsp3) is 0.214. The van der Waals surface area contributed by atoms with Gasteiger partial charge in [-0.15, -0.1) is 0 Å². The molecule has 0 saturated carbocycles. The topological polar surface area (TPSA) is 85.1 Å². The minimum atomic E-state index is -3.93. The zero-order valence-electron chi connectivity index (χ0n) is 11.5. The average molecular weight is 309 g/mol. The summed E-state index contributed by atoms with van der Waals surface area (Å²) in [5.41, 5.74) is 6.88. The van der Waals surface area contributed by atoms with E-state index < -0.39 is 20.7 Å². The third-order valence-electron chi connectivity index (χ3n) is 2.96. The van der Waals surface area contributed by atoms with Crippen molar-refractivity contribution in [3.63, 3.8) is 0 Å². The highest BCUT2D eigenvalue weighted by atomic mass is 32.2. The van der Waals surface area contributed by atoms with Gasteiger partial charge in [0.15, 0.2) is 0 Å². The van der Waals surface area contributed by atoms with Gasteiger partial charge < -0.3 is 5.73 Å². The molecule has 2 rings (SSSR count). The highest BCUT2D eigenvalue weighted by Gasteiger charge is 2.20. The van der Waals surface area contributed by atoms with E-state index in [2.05, 4.69) is 9.71 Å². The molecule has 0 saturated heterocycles. The van der Waals surface area contributed by atoms with Crippen LogP contribution in [0.15, 0.2) is 41.6 Å². The van der Waals surface area contributed by atoms with Crippen molar-refractivity contribution >= 4 is 15.7 Å². The van der Waals surface area contributed by atoms with E-state index in [1.54, 1.807) is 18.5 Å². The molecular weight excluding hydrogens is 293 g/mol. The second-order valence-electron chi connectivity index (χ2n) is 4.66. The molecule has 21 heavy (non-hydrogen) atoms. The molecule has 0 bridgehead atoms. The summed E-state index contributed by atoms with van der Waals surface area (Å²) in [5.74, 6) is -0.780. The lowest BCUT2D eigenvalue weighted by atomic mass is 10.2. The lowest BCUT2D eigenvalue weighted by Crippen LogP contribution is -2.27. The lowest BCUT2D eigenvalue weighted by Gasteiger charge is -2.10. The first-order valence-electron chi connectivity index (χ1n) is 6.34.